The van der Waals surface area contributed by atoms with Crippen molar-refractivity contribution in [1.29, 1.82) is 0 Å². The van der Waals surface area contributed by atoms with E-state index in [4.69, 9.17) is 25.8 Å². The normalized spacial score (nSPS) is 20.4. The fourth-order valence-electron chi connectivity index (χ4n) is 5.82. The summed E-state index contributed by atoms with van der Waals surface area (Å²) in [5, 5.41) is 0.440. The number of morpholine rings is 1. The second-order valence-electron chi connectivity index (χ2n) is 13.8. The lowest BCUT2D eigenvalue weighted by atomic mass is 9.98. The van der Waals surface area contributed by atoms with Crippen LogP contribution in [0.5, 0.6) is 6.01 Å². The molecule has 0 bridgehead atoms. The molecule has 3 fully saturated rings. The second kappa shape index (κ2) is 22.4. The van der Waals surface area contributed by atoms with Gasteiger partial charge in [-0.1, -0.05) is 91.5 Å². The number of anilines is 1. The van der Waals surface area contributed by atoms with Crippen LogP contribution in [-0.4, -0.2) is 96.6 Å². The van der Waals surface area contributed by atoms with Gasteiger partial charge < -0.3 is 24.0 Å². The molecule has 1 amide bonds. The van der Waals surface area contributed by atoms with E-state index in [0.29, 0.717) is 30.7 Å². The molecule has 3 saturated heterocycles. The Bertz CT molecular complexity index is 1270. The zero-order chi connectivity index (χ0) is 37.3. The summed E-state index contributed by atoms with van der Waals surface area (Å²) in [7, 11) is 1.44. The van der Waals surface area contributed by atoms with Crippen molar-refractivity contribution in [3.8, 4) is 6.01 Å². The van der Waals surface area contributed by atoms with Crippen molar-refractivity contribution in [3.05, 3.63) is 22.2 Å². The van der Waals surface area contributed by atoms with Crippen LogP contribution >= 0.6 is 11.6 Å². The quantitative estimate of drug-likeness (QED) is 0.285. The van der Waals surface area contributed by atoms with E-state index >= 15 is 4.39 Å². The average Bonchev–Trinajstić information content (AvgIpc) is 3.56. The number of carbonyl (C=O) groups excluding carboxylic acids is 1. The third kappa shape index (κ3) is 14.0. The Morgan fingerprint density at radius 2 is 1.73 bits per heavy atom. The number of rotatable bonds is 7. The first-order valence-corrected chi connectivity index (χ1v) is 18.8. The topological polar surface area (TPSA) is 80.3 Å². The molecule has 1 aromatic heterocycles. The van der Waals surface area contributed by atoms with Crippen molar-refractivity contribution in [2.75, 3.05) is 57.9 Å². The zero-order valence-corrected chi connectivity index (χ0v) is 33.5. The first-order valence-electron chi connectivity index (χ1n) is 18.4. The molecule has 1 aromatic rings. The number of unbranched alkanes of at least 4 members (excludes halogenated alkanes) is 1. The van der Waals surface area contributed by atoms with Crippen LogP contribution in [-0.2, 0) is 9.47 Å². The van der Waals surface area contributed by atoms with Crippen LogP contribution in [0.4, 0.5) is 15.0 Å². The first-order chi connectivity index (χ1) is 23.2. The SMILES string of the molecule is C1CC2COCCN2C1.C=C(Cl)/C(F)=c1/nc(OC)nc(N2CCN(C(=O)OC(C)(C)C)CC2C(C)C)/c1=C(/C)CCC.CC.CCCC. The van der Waals surface area contributed by atoms with Gasteiger partial charge in [0, 0.05) is 37.4 Å². The number of hydrogen-bond acceptors (Lipinski definition) is 8. The number of allylic oxidation sites excluding steroid dienone is 1. The van der Waals surface area contributed by atoms with Gasteiger partial charge in [-0.05, 0) is 59.4 Å². The van der Waals surface area contributed by atoms with Gasteiger partial charge in [-0.3, -0.25) is 4.90 Å². The minimum atomic E-state index is -0.706. The molecule has 49 heavy (non-hydrogen) atoms. The van der Waals surface area contributed by atoms with Gasteiger partial charge >= 0.3 is 12.1 Å². The summed E-state index contributed by atoms with van der Waals surface area (Å²) in [5.74, 6) is 0.0387. The third-order valence-corrected chi connectivity index (χ3v) is 8.66. The maximum absolute atomic E-state index is 15.2. The van der Waals surface area contributed by atoms with Crippen molar-refractivity contribution in [3.63, 3.8) is 0 Å². The highest BCUT2D eigenvalue weighted by Gasteiger charge is 2.35. The molecular formula is C38H67ClFN5O4. The summed E-state index contributed by atoms with van der Waals surface area (Å²) in [5.41, 5.74) is 0.369. The number of fused-ring (bicyclic) bond motifs is 1. The van der Waals surface area contributed by atoms with E-state index in [1.807, 2.05) is 41.5 Å². The lowest BCUT2D eigenvalue weighted by molar-refractivity contribution is 0.0129. The van der Waals surface area contributed by atoms with E-state index in [1.54, 1.807) is 4.90 Å². The number of piperazine rings is 1. The lowest BCUT2D eigenvalue weighted by Crippen LogP contribution is -2.59. The van der Waals surface area contributed by atoms with Gasteiger partial charge in [-0.2, -0.15) is 9.97 Å². The second-order valence-corrected chi connectivity index (χ2v) is 14.3. The van der Waals surface area contributed by atoms with Gasteiger partial charge in [0.05, 0.1) is 31.4 Å². The Morgan fingerprint density at radius 3 is 2.24 bits per heavy atom. The number of aromatic nitrogens is 2. The molecule has 4 rings (SSSR count). The predicted octanol–water partition coefficient (Wildman–Crippen LogP) is 7.68. The van der Waals surface area contributed by atoms with E-state index in [1.165, 1.54) is 45.9 Å². The molecule has 0 N–H and O–H groups in total. The summed E-state index contributed by atoms with van der Waals surface area (Å²) in [6, 6.07) is 0.742. The largest absolute Gasteiger partial charge is 0.467 e. The zero-order valence-electron chi connectivity index (χ0n) is 32.8. The number of ether oxygens (including phenoxy) is 3. The van der Waals surface area contributed by atoms with Crippen LogP contribution in [0.25, 0.3) is 11.4 Å². The Morgan fingerprint density at radius 1 is 1.08 bits per heavy atom. The minimum Gasteiger partial charge on any atom is -0.467 e. The summed E-state index contributed by atoms with van der Waals surface area (Å²) < 4.78 is 31.5. The van der Waals surface area contributed by atoms with Gasteiger partial charge in [-0.25, -0.2) is 9.18 Å². The van der Waals surface area contributed by atoms with Crippen LogP contribution in [0.15, 0.2) is 11.6 Å². The molecule has 11 heteroatoms. The van der Waals surface area contributed by atoms with Crippen LogP contribution in [0.3, 0.4) is 0 Å². The molecule has 2 atom stereocenters. The minimum absolute atomic E-state index is 0.0446. The van der Waals surface area contributed by atoms with Crippen molar-refractivity contribution < 1.29 is 23.4 Å². The Balaban J connectivity index is 0.000000654. The van der Waals surface area contributed by atoms with Gasteiger partial charge in [0.15, 0.2) is 5.83 Å². The molecule has 3 aliphatic heterocycles. The molecule has 3 aliphatic rings. The van der Waals surface area contributed by atoms with E-state index in [0.717, 1.165) is 37.7 Å². The number of amides is 1. The number of methoxy groups -OCH3 is 1. The molecule has 0 aliphatic carbocycles. The highest BCUT2D eigenvalue weighted by Crippen LogP contribution is 2.25. The number of halogens is 2. The van der Waals surface area contributed by atoms with Gasteiger partial charge in [0.2, 0.25) is 0 Å². The summed E-state index contributed by atoms with van der Waals surface area (Å²) in [4.78, 5) is 28.1. The highest BCUT2D eigenvalue weighted by molar-refractivity contribution is 6.34. The molecule has 0 saturated carbocycles. The maximum Gasteiger partial charge on any atom is 0.410 e. The fraction of sp³-hybridized carbons (Fsp3) is 0.763. The van der Waals surface area contributed by atoms with E-state index in [2.05, 4.69) is 61.0 Å². The molecule has 0 aromatic carbocycles. The third-order valence-electron chi connectivity index (χ3n) is 8.49. The van der Waals surface area contributed by atoms with E-state index < -0.39 is 11.4 Å². The number of carbonyl (C=O) groups is 1. The molecule has 4 heterocycles. The lowest BCUT2D eigenvalue weighted by Gasteiger charge is -2.44. The number of nitrogens with zero attached hydrogens (tertiary/aromatic N) is 5. The van der Waals surface area contributed by atoms with Crippen LogP contribution in [0.2, 0.25) is 0 Å². The predicted molar refractivity (Wildman–Crippen MR) is 202 cm³/mol. The molecule has 282 valence electrons. The first kappa shape index (κ1) is 44.6. The fourth-order valence-corrected chi connectivity index (χ4v) is 5.91. The highest BCUT2D eigenvalue weighted by atomic mass is 35.5. The standard InChI is InChI=1S/C25H38ClFN4O3.C7H13NO.C4H10.C2H6/c1-10-11-16(4)19-21(20(27)17(5)26)28-23(33-9)29-22(19)31-13-12-30(14-18(31)15(2)3)24(32)34-25(6,7)8;1-2-7-6-9-5-4-8(7)3-1;1-3-4-2;1-2/h15,18H,5,10-14H2,1-4,6-9H3;7H,1-6H2;3-4H2,1-2H3;1-2H3/b19-16-,21-20-;;;. The van der Waals surface area contributed by atoms with Crippen molar-refractivity contribution in [2.24, 2.45) is 5.92 Å². The van der Waals surface area contributed by atoms with E-state index in [9.17, 15) is 4.79 Å². The summed E-state index contributed by atoms with van der Waals surface area (Å²) in [6.45, 7) is 31.5. The maximum atomic E-state index is 15.2. The molecule has 0 spiro atoms. The molecule has 2 unspecified atom stereocenters. The van der Waals surface area contributed by atoms with Gasteiger partial charge in [-0.15, -0.1) is 0 Å². The van der Waals surface area contributed by atoms with Gasteiger partial charge in [0.1, 0.15) is 16.8 Å². The number of hydrogen-bond donors (Lipinski definition) is 0. The average molecular weight is 712 g/mol. The Hall–Kier alpha value is -2.43. The van der Waals surface area contributed by atoms with E-state index in [-0.39, 0.29) is 34.4 Å². The Kier molecular flexibility index (Phi) is 20.4. The van der Waals surface area contributed by atoms with Crippen LogP contribution in [0.1, 0.15) is 115 Å². The molecule has 9 nitrogen and oxygen atoms in total. The van der Waals surface area contributed by atoms with Crippen LogP contribution in [0, 0.1) is 5.92 Å². The van der Waals surface area contributed by atoms with Gasteiger partial charge in [0.25, 0.3) is 0 Å². The van der Waals surface area contributed by atoms with Crippen molar-refractivity contribution in [2.45, 2.75) is 132 Å². The molecule has 0 radical (unpaired) electrons. The summed E-state index contributed by atoms with van der Waals surface area (Å²) in [6.07, 6.45) is 6.65. The van der Waals surface area contributed by atoms with Crippen LogP contribution < -0.4 is 20.2 Å². The monoisotopic (exact) mass is 711 g/mol. The van der Waals surface area contributed by atoms with Crippen molar-refractivity contribution in [1.82, 2.24) is 19.8 Å². The van der Waals surface area contributed by atoms with Crippen molar-refractivity contribution >= 4 is 34.9 Å². The summed E-state index contributed by atoms with van der Waals surface area (Å²) >= 11 is 5.95. The Labute approximate surface area is 301 Å². The molecular weight excluding hydrogens is 645 g/mol. The smallest absolute Gasteiger partial charge is 0.410 e.